The third-order valence-electron chi connectivity index (χ3n) is 8.16. The summed E-state index contributed by atoms with van der Waals surface area (Å²) in [5, 5.41) is 3.40. The molecule has 0 radical (unpaired) electrons. The summed E-state index contributed by atoms with van der Waals surface area (Å²) in [5.74, 6) is -0.390. The third kappa shape index (κ3) is 6.13. The predicted molar refractivity (Wildman–Crippen MR) is 173 cm³/mol. The third-order valence-corrected chi connectivity index (χ3v) is 9.46. The first-order chi connectivity index (χ1) is 19.7. The van der Waals surface area contributed by atoms with E-state index < -0.39 is 5.92 Å². The van der Waals surface area contributed by atoms with Crippen molar-refractivity contribution < 1.29 is 19.1 Å². The van der Waals surface area contributed by atoms with E-state index in [4.69, 9.17) is 16.3 Å². The lowest BCUT2D eigenvalue weighted by molar-refractivity contribution is -0.120. The quantitative estimate of drug-likeness (QED) is 0.324. The van der Waals surface area contributed by atoms with Gasteiger partial charge in [-0.1, -0.05) is 55.2 Å². The van der Waals surface area contributed by atoms with Gasteiger partial charge in [-0.3, -0.25) is 14.4 Å². The zero-order chi connectivity index (χ0) is 30.6. The molecule has 0 unspecified atom stereocenters. The Morgan fingerprint density at radius 3 is 2.02 bits per heavy atom. The van der Waals surface area contributed by atoms with Crippen LogP contribution in [0.25, 0.3) is 0 Å². The van der Waals surface area contributed by atoms with E-state index in [1.807, 2.05) is 12.1 Å². The SMILES string of the molecule is CCN1C2=C(C(=O)CC(C)(C)C2)C(c2cc(Br)cc(Br)c2OCC(=O)Nc2ccc(Cl)cc2)C2=C1CC(C)(C)CC2=O. The zero-order valence-corrected chi connectivity index (χ0v) is 28.4. The lowest BCUT2D eigenvalue weighted by Gasteiger charge is -2.49. The average molecular weight is 719 g/mol. The molecule has 1 heterocycles. The van der Waals surface area contributed by atoms with Crippen LogP contribution in [0.2, 0.25) is 5.02 Å². The summed E-state index contributed by atoms with van der Waals surface area (Å²) in [7, 11) is 0. The van der Waals surface area contributed by atoms with E-state index >= 15 is 0 Å². The summed E-state index contributed by atoms with van der Waals surface area (Å²) in [6, 6.07) is 10.6. The molecule has 6 nitrogen and oxygen atoms in total. The Kier molecular flexibility index (Phi) is 8.56. The van der Waals surface area contributed by atoms with E-state index in [0.29, 0.717) is 57.0 Å². The fraction of sp³-hybridized carbons (Fsp3) is 0.424. The maximum atomic E-state index is 14.0. The number of ketones is 2. The number of halogens is 3. The van der Waals surface area contributed by atoms with Crippen LogP contribution in [0.15, 0.2) is 67.9 Å². The highest BCUT2D eigenvalue weighted by Crippen LogP contribution is 2.56. The number of anilines is 1. The molecule has 3 aliphatic rings. The molecule has 0 aromatic heterocycles. The molecule has 222 valence electrons. The first kappa shape index (κ1) is 31.0. The molecule has 0 saturated heterocycles. The molecule has 0 fully saturated rings. The van der Waals surface area contributed by atoms with Crippen molar-refractivity contribution in [2.24, 2.45) is 10.8 Å². The van der Waals surface area contributed by atoms with Gasteiger partial charge in [-0.25, -0.2) is 0 Å². The fourth-order valence-corrected chi connectivity index (χ4v) is 8.05. The van der Waals surface area contributed by atoms with E-state index in [9.17, 15) is 14.4 Å². The van der Waals surface area contributed by atoms with E-state index in [-0.39, 0.29) is 34.9 Å². The van der Waals surface area contributed by atoms with E-state index in [1.54, 1.807) is 24.3 Å². The van der Waals surface area contributed by atoms with Crippen molar-refractivity contribution >= 4 is 66.6 Å². The van der Waals surface area contributed by atoms with Gasteiger partial charge < -0.3 is 15.0 Å². The number of benzene rings is 2. The maximum absolute atomic E-state index is 14.0. The monoisotopic (exact) mass is 716 g/mol. The molecule has 2 aliphatic carbocycles. The van der Waals surface area contributed by atoms with Crippen LogP contribution in [0.4, 0.5) is 5.69 Å². The molecule has 0 saturated carbocycles. The number of rotatable bonds is 6. The number of carbonyl (C=O) groups is 3. The van der Waals surface area contributed by atoms with Crippen molar-refractivity contribution in [3.63, 3.8) is 0 Å². The topological polar surface area (TPSA) is 75.7 Å². The molecule has 0 spiro atoms. The minimum Gasteiger partial charge on any atom is -0.482 e. The van der Waals surface area contributed by atoms with Crippen LogP contribution in [0.3, 0.4) is 0 Å². The van der Waals surface area contributed by atoms with Crippen molar-refractivity contribution in [3.05, 3.63) is 78.5 Å². The largest absolute Gasteiger partial charge is 0.482 e. The van der Waals surface area contributed by atoms with Crippen LogP contribution < -0.4 is 10.1 Å². The number of allylic oxidation sites excluding steroid dienone is 4. The van der Waals surface area contributed by atoms with Crippen molar-refractivity contribution in [2.75, 3.05) is 18.5 Å². The fourth-order valence-electron chi connectivity index (χ4n) is 6.56. The average Bonchev–Trinajstić information content (AvgIpc) is 2.86. The predicted octanol–water partition coefficient (Wildman–Crippen LogP) is 8.59. The Labute approximate surface area is 269 Å². The Hall–Kier alpha value is -2.42. The highest BCUT2D eigenvalue weighted by atomic mass is 79.9. The number of nitrogens with one attached hydrogen (secondary N) is 1. The van der Waals surface area contributed by atoms with Gasteiger partial charge in [-0.05, 0) is 82.9 Å². The van der Waals surface area contributed by atoms with Gasteiger partial charge >= 0.3 is 0 Å². The number of hydrogen-bond donors (Lipinski definition) is 1. The minimum atomic E-state index is -0.590. The lowest BCUT2D eigenvalue weighted by atomic mass is 9.63. The van der Waals surface area contributed by atoms with Gasteiger partial charge in [-0.2, -0.15) is 0 Å². The van der Waals surface area contributed by atoms with Crippen LogP contribution in [0, 0.1) is 10.8 Å². The zero-order valence-electron chi connectivity index (χ0n) is 24.5. The van der Waals surface area contributed by atoms with Crippen LogP contribution in [-0.4, -0.2) is 35.5 Å². The van der Waals surface area contributed by atoms with Crippen molar-refractivity contribution in [3.8, 4) is 5.75 Å². The first-order valence-electron chi connectivity index (χ1n) is 14.2. The summed E-state index contributed by atoms with van der Waals surface area (Å²) in [5.41, 5.74) is 4.23. The highest BCUT2D eigenvalue weighted by molar-refractivity contribution is 9.11. The number of nitrogens with zero attached hydrogens (tertiary/aromatic N) is 1. The number of Topliss-reactive ketones (excluding diaryl/α,β-unsaturated/α-hetero) is 2. The first-order valence-corrected chi connectivity index (χ1v) is 16.1. The number of amides is 1. The molecule has 2 aromatic carbocycles. The van der Waals surface area contributed by atoms with E-state index in [1.165, 1.54) is 0 Å². The Balaban J connectivity index is 1.62. The van der Waals surface area contributed by atoms with Gasteiger partial charge in [0.25, 0.3) is 5.91 Å². The Morgan fingerprint density at radius 2 is 1.50 bits per heavy atom. The van der Waals surface area contributed by atoms with Gasteiger partial charge in [0.2, 0.25) is 0 Å². The maximum Gasteiger partial charge on any atom is 0.262 e. The highest BCUT2D eigenvalue weighted by Gasteiger charge is 2.49. The molecular formula is C33H35Br2ClN2O4. The molecule has 1 amide bonds. The Bertz CT molecular complexity index is 1490. The van der Waals surface area contributed by atoms with Crippen LogP contribution in [-0.2, 0) is 14.4 Å². The molecule has 0 bridgehead atoms. The molecular weight excluding hydrogens is 684 g/mol. The number of hydrogen-bond acceptors (Lipinski definition) is 5. The number of ether oxygens (including phenoxy) is 1. The van der Waals surface area contributed by atoms with Crippen LogP contribution >= 0.6 is 43.5 Å². The molecule has 1 aliphatic heterocycles. The van der Waals surface area contributed by atoms with Gasteiger partial charge in [0.15, 0.2) is 18.2 Å². The second-order valence-corrected chi connectivity index (χ2v) is 15.1. The van der Waals surface area contributed by atoms with Crippen LogP contribution in [0.1, 0.15) is 71.8 Å². The molecule has 1 N–H and O–H groups in total. The van der Waals surface area contributed by atoms with Gasteiger partial charge in [0.05, 0.1) is 4.47 Å². The molecule has 0 atom stereocenters. The van der Waals surface area contributed by atoms with E-state index in [0.717, 1.165) is 28.7 Å². The molecule has 5 rings (SSSR count). The number of carbonyl (C=O) groups excluding carboxylic acids is 3. The summed E-state index contributed by atoms with van der Waals surface area (Å²) in [4.78, 5) is 43.2. The molecule has 9 heteroatoms. The summed E-state index contributed by atoms with van der Waals surface area (Å²) in [6.45, 7) is 11.0. The summed E-state index contributed by atoms with van der Waals surface area (Å²) >= 11 is 13.2. The van der Waals surface area contributed by atoms with Crippen molar-refractivity contribution in [1.82, 2.24) is 4.90 Å². The normalized spacial score (nSPS) is 20.0. The standard InChI is InChI=1S/C33H35Br2ClN2O4/c1-6-38-23-13-32(2,3)15-25(39)29(23)28(30-24(38)14-33(4,5)16-26(30)40)21-11-18(34)12-22(35)31(21)42-17-27(41)37-20-9-7-19(36)8-10-20/h7-12,28H,6,13-17H2,1-5H3,(H,37,41). The van der Waals surface area contributed by atoms with Crippen molar-refractivity contribution in [1.29, 1.82) is 0 Å². The molecule has 2 aromatic rings. The van der Waals surface area contributed by atoms with Gasteiger partial charge in [0, 0.05) is 68.6 Å². The van der Waals surface area contributed by atoms with E-state index in [2.05, 4.69) is 76.7 Å². The minimum absolute atomic E-state index is 0.0522. The summed E-state index contributed by atoms with van der Waals surface area (Å²) in [6.07, 6.45) is 2.27. The lowest BCUT2D eigenvalue weighted by Crippen LogP contribution is -2.44. The summed E-state index contributed by atoms with van der Waals surface area (Å²) < 4.78 is 7.61. The Morgan fingerprint density at radius 1 is 0.952 bits per heavy atom. The smallest absolute Gasteiger partial charge is 0.262 e. The second-order valence-electron chi connectivity index (χ2n) is 12.9. The second kappa shape index (κ2) is 11.6. The van der Waals surface area contributed by atoms with Gasteiger partial charge in [-0.15, -0.1) is 0 Å². The van der Waals surface area contributed by atoms with Gasteiger partial charge in [0.1, 0.15) is 5.75 Å². The van der Waals surface area contributed by atoms with Crippen molar-refractivity contribution in [2.45, 2.75) is 66.2 Å². The van der Waals surface area contributed by atoms with Crippen LogP contribution in [0.5, 0.6) is 5.75 Å². The molecule has 42 heavy (non-hydrogen) atoms.